The van der Waals surface area contributed by atoms with Gasteiger partial charge in [-0.3, -0.25) is 10.1 Å². The fourth-order valence-corrected chi connectivity index (χ4v) is 2.91. The van der Waals surface area contributed by atoms with E-state index in [0.29, 0.717) is 11.8 Å². The maximum atomic E-state index is 12.4. The van der Waals surface area contributed by atoms with Crippen molar-refractivity contribution in [3.63, 3.8) is 0 Å². The van der Waals surface area contributed by atoms with Crippen LogP contribution < -0.4 is 5.32 Å². The van der Waals surface area contributed by atoms with Crippen LogP contribution in [0, 0.1) is 11.8 Å². The third kappa shape index (κ3) is 2.86. The molecule has 0 radical (unpaired) electrons. The first-order valence-corrected chi connectivity index (χ1v) is 7.27. The van der Waals surface area contributed by atoms with Crippen LogP contribution in [0.5, 0.6) is 0 Å². The molecule has 2 aliphatic rings. The molecule has 104 valence electrons. The van der Waals surface area contributed by atoms with Crippen LogP contribution in [0.25, 0.3) is 0 Å². The molecule has 0 aliphatic carbocycles. The minimum Gasteiger partial charge on any atom is -0.381 e. The smallest absolute Gasteiger partial charge is 0.241 e. The van der Waals surface area contributed by atoms with Crippen molar-refractivity contribution in [3.8, 4) is 0 Å². The number of amides is 1. The largest absolute Gasteiger partial charge is 0.381 e. The van der Waals surface area contributed by atoms with Crippen LogP contribution in [-0.2, 0) is 9.53 Å². The molecule has 0 aromatic carbocycles. The minimum absolute atomic E-state index is 0.00880. The van der Waals surface area contributed by atoms with E-state index in [0.717, 1.165) is 32.6 Å². The standard InChI is InChI=1S/C14H26N2O2/c1-4-10(2)13-14(17)16(11(3)15-13)8-12-6-5-7-18-9-12/h10-13,15H,4-9H2,1-3H3. The molecule has 0 saturated carbocycles. The van der Waals surface area contributed by atoms with Gasteiger partial charge in [-0.2, -0.15) is 0 Å². The van der Waals surface area contributed by atoms with Gasteiger partial charge in [-0.1, -0.05) is 20.3 Å². The van der Waals surface area contributed by atoms with Crippen molar-refractivity contribution in [2.45, 2.75) is 52.2 Å². The van der Waals surface area contributed by atoms with Crippen molar-refractivity contribution >= 4 is 5.91 Å². The van der Waals surface area contributed by atoms with E-state index >= 15 is 0 Å². The molecule has 2 heterocycles. The number of nitrogens with one attached hydrogen (secondary N) is 1. The Morgan fingerprint density at radius 1 is 1.56 bits per heavy atom. The van der Waals surface area contributed by atoms with E-state index in [1.165, 1.54) is 6.42 Å². The van der Waals surface area contributed by atoms with Crippen LogP contribution >= 0.6 is 0 Å². The Balaban J connectivity index is 1.93. The van der Waals surface area contributed by atoms with Crippen LogP contribution in [0.15, 0.2) is 0 Å². The summed E-state index contributed by atoms with van der Waals surface area (Å²) in [6.07, 6.45) is 3.52. The number of carbonyl (C=O) groups excluding carboxylic acids is 1. The summed E-state index contributed by atoms with van der Waals surface area (Å²) < 4.78 is 5.50. The molecule has 0 bridgehead atoms. The van der Waals surface area contributed by atoms with Gasteiger partial charge in [-0.25, -0.2) is 0 Å². The molecule has 18 heavy (non-hydrogen) atoms. The molecule has 2 fully saturated rings. The fraction of sp³-hybridized carbons (Fsp3) is 0.929. The highest BCUT2D eigenvalue weighted by Crippen LogP contribution is 2.22. The number of carbonyl (C=O) groups is 1. The van der Waals surface area contributed by atoms with Gasteiger partial charge in [0.1, 0.15) is 0 Å². The number of rotatable bonds is 4. The lowest BCUT2D eigenvalue weighted by atomic mass is 9.98. The van der Waals surface area contributed by atoms with Crippen LogP contribution in [-0.4, -0.2) is 42.8 Å². The first kappa shape index (κ1) is 13.8. The quantitative estimate of drug-likeness (QED) is 0.828. The zero-order valence-corrected chi connectivity index (χ0v) is 11.8. The van der Waals surface area contributed by atoms with Gasteiger partial charge in [0.15, 0.2) is 0 Å². The van der Waals surface area contributed by atoms with Crippen LogP contribution in [0.4, 0.5) is 0 Å². The first-order chi connectivity index (χ1) is 8.63. The third-order valence-corrected chi connectivity index (χ3v) is 4.36. The zero-order chi connectivity index (χ0) is 13.1. The molecule has 0 spiro atoms. The molecular weight excluding hydrogens is 228 g/mol. The van der Waals surface area contributed by atoms with Gasteiger partial charge in [-0.15, -0.1) is 0 Å². The van der Waals surface area contributed by atoms with Crippen molar-refractivity contribution in [2.75, 3.05) is 19.8 Å². The highest BCUT2D eigenvalue weighted by Gasteiger charge is 2.39. The summed E-state index contributed by atoms with van der Waals surface area (Å²) in [4.78, 5) is 14.4. The van der Waals surface area contributed by atoms with Crippen LogP contribution in [0.2, 0.25) is 0 Å². The SMILES string of the molecule is CCC(C)C1NC(C)N(CC2CCCOC2)C1=O. The number of nitrogens with zero attached hydrogens (tertiary/aromatic N) is 1. The van der Waals surface area contributed by atoms with Crippen molar-refractivity contribution in [2.24, 2.45) is 11.8 Å². The summed E-state index contributed by atoms with van der Waals surface area (Å²) in [5, 5.41) is 3.43. The van der Waals surface area contributed by atoms with Crippen molar-refractivity contribution in [1.29, 1.82) is 0 Å². The monoisotopic (exact) mass is 254 g/mol. The van der Waals surface area contributed by atoms with Gasteiger partial charge in [0.25, 0.3) is 0 Å². The number of ether oxygens (including phenoxy) is 1. The second kappa shape index (κ2) is 6.02. The first-order valence-electron chi connectivity index (χ1n) is 7.27. The molecule has 1 amide bonds. The Labute approximate surface area is 110 Å². The average molecular weight is 254 g/mol. The highest BCUT2D eigenvalue weighted by molar-refractivity contribution is 5.84. The van der Waals surface area contributed by atoms with Gasteiger partial charge in [-0.05, 0) is 25.7 Å². The molecule has 4 atom stereocenters. The van der Waals surface area contributed by atoms with Gasteiger partial charge in [0.05, 0.1) is 18.8 Å². The van der Waals surface area contributed by atoms with E-state index < -0.39 is 0 Å². The normalized spacial score (nSPS) is 34.9. The molecule has 1 N–H and O–H groups in total. The molecule has 0 aromatic heterocycles. The molecule has 4 nitrogen and oxygen atoms in total. The Kier molecular flexibility index (Phi) is 4.62. The predicted octanol–water partition coefficient (Wildman–Crippen LogP) is 1.61. The fourth-order valence-electron chi connectivity index (χ4n) is 2.91. The van der Waals surface area contributed by atoms with E-state index in [9.17, 15) is 4.79 Å². The van der Waals surface area contributed by atoms with Gasteiger partial charge >= 0.3 is 0 Å². The van der Waals surface area contributed by atoms with E-state index in [4.69, 9.17) is 4.74 Å². The minimum atomic E-state index is 0.00880. The molecule has 0 aromatic rings. The summed E-state index contributed by atoms with van der Waals surface area (Å²) in [5.74, 6) is 1.21. The molecule has 2 saturated heterocycles. The maximum Gasteiger partial charge on any atom is 0.241 e. The van der Waals surface area contributed by atoms with Gasteiger partial charge in [0, 0.05) is 19.1 Å². The second-order valence-electron chi connectivity index (χ2n) is 5.78. The lowest BCUT2D eigenvalue weighted by Crippen LogP contribution is -2.40. The predicted molar refractivity (Wildman–Crippen MR) is 71.1 cm³/mol. The topological polar surface area (TPSA) is 41.6 Å². The second-order valence-corrected chi connectivity index (χ2v) is 5.78. The van der Waals surface area contributed by atoms with E-state index in [1.807, 2.05) is 4.90 Å². The van der Waals surface area contributed by atoms with Gasteiger partial charge in [0.2, 0.25) is 5.91 Å². The van der Waals surface area contributed by atoms with E-state index in [1.54, 1.807) is 0 Å². The lowest BCUT2D eigenvalue weighted by molar-refractivity contribution is -0.131. The summed E-state index contributed by atoms with van der Waals surface area (Å²) >= 11 is 0. The van der Waals surface area contributed by atoms with Crippen molar-refractivity contribution < 1.29 is 9.53 Å². The average Bonchev–Trinajstić information content (AvgIpc) is 2.67. The Morgan fingerprint density at radius 2 is 2.33 bits per heavy atom. The molecule has 4 heteroatoms. The van der Waals surface area contributed by atoms with Crippen LogP contribution in [0.3, 0.4) is 0 Å². The van der Waals surface area contributed by atoms with Crippen LogP contribution in [0.1, 0.15) is 40.0 Å². The Bertz CT molecular complexity index is 290. The molecule has 2 aliphatic heterocycles. The summed E-state index contributed by atoms with van der Waals surface area (Å²) in [5.41, 5.74) is 0. The Morgan fingerprint density at radius 3 is 2.94 bits per heavy atom. The van der Waals surface area contributed by atoms with Gasteiger partial charge < -0.3 is 9.64 Å². The molecule has 4 unspecified atom stereocenters. The van der Waals surface area contributed by atoms with E-state index in [2.05, 4.69) is 26.1 Å². The Hall–Kier alpha value is -0.610. The third-order valence-electron chi connectivity index (χ3n) is 4.36. The summed E-state index contributed by atoms with van der Waals surface area (Å²) in [7, 11) is 0. The maximum absolute atomic E-state index is 12.4. The highest BCUT2D eigenvalue weighted by atomic mass is 16.5. The molecular formula is C14H26N2O2. The van der Waals surface area contributed by atoms with Crippen molar-refractivity contribution in [1.82, 2.24) is 10.2 Å². The van der Waals surface area contributed by atoms with E-state index in [-0.39, 0.29) is 18.1 Å². The summed E-state index contributed by atoms with van der Waals surface area (Å²) in [6, 6.07) is 0.00880. The van der Waals surface area contributed by atoms with Crippen molar-refractivity contribution in [3.05, 3.63) is 0 Å². The summed E-state index contributed by atoms with van der Waals surface area (Å²) in [6.45, 7) is 8.92. The zero-order valence-electron chi connectivity index (χ0n) is 11.8. The molecule has 2 rings (SSSR count). The lowest BCUT2D eigenvalue weighted by Gasteiger charge is -2.29. The number of hydrogen-bond acceptors (Lipinski definition) is 3. The number of hydrogen-bond donors (Lipinski definition) is 1.